The molecule has 0 amide bonds. The van der Waals surface area contributed by atoms with Gasteiger partial charge in [-0.3, -0.25) is 4.79 Å². The van der Waals surface area contributed by atoms with Crippen LogP contribution in [0.5, 0.6) is 28.7 Å². The molecular weight excluding hydrogens is 564 g/mol. The Balaban J connectivity index is 1.49. The summed E-state index contributed by atoms with van der Waals surface area (Å²) in [5.74, 6) is -3.22. The molecule has 42 heavy (non-hydrogen) atoms. The number of phenols is 4. The standard InChI is InChI=1S/C27H30O15/c1-9-4-15(32)19(33)26(39-9)38-8-17-20(34)22(36)23(37)27(41-17)42-25-21(35)18-14(31)6-11(28)7-16(18)40-24(25)10-2-3-12(29)13(30)5-10/h2-3,5-7,9,15,17,19-20,22-23,26-34,36-37H,4,8H2,1H3. The SMILES string of the molecule is CC1CC(O)C(O)C(OCC2OC(Oc3c(-c4ccc(O)c(O)c4)oc4cc(O)cc(O)c4c3=O)C(O)C(O)C2O)O1. The molecule has 228 valence electrons. The fourth-order valence-corrected chi connectivity index (χ4v) is 4.85. The second-order valence-electron chi connectivity index (χ2n) is 10.2. The predicted molar refractivity (Wildman–Crippen MR) is 139 cm³/mol. The zero-order valence-electron chi connectivity index (χ0n) is 22.0. The van der Waals surface area contributed by atoms with Gasteiger partial charge in [0.05, 0.1) is 18.8 Å². The third-order valence-electron chi connectivity index (χ3n) is 7.10. The van der Waals surface area contributed by atoms with E-state index >= 15 is 0 Å². The lowest BCUT2D eigenvalue weighted by atomic mass is 9.99. The fourth-order valence-electron chi connectivity index (χ4n) is 4.85. The van der Waals surface area contributed by atoms with Crippen molar-refractivity contribution in [3.8, 4) is 40.1 Å². The Bertz CT molecular complexity index is 1510. The number of hydrogen-bond acceptors (Lipinski definition) is 15. The van der Waals surface area contributed by atoms with Crippen LogP contribution in [0.1, 0.15) is 13.3 Å². The molecule has 0 aliphatic carbocycles. The van der Waals surface area contributed by atoms with Crippen molar-refractivity contribution in [2.75, 3.05) is 6.61 Å². The number of aromatic hydroxyl groups is 4. The first-order chi connectivity index (χ1) is 19.8. The molecule has 2 aliphatic heterocycles. The number of ether oxygens (including phenoxy) is 4. The molecule has 2 saturated heterocycles. The van der Waals surface area contributed by atoms with Crippen LogP contribution < -0.4 is 10.2 Å². The Hall–Kier alpha value is -3.67. The monoisotopic (exact) mass is 594 g/mol. The Morgan fingerprint density at radius 3 is 2.29 bits per heavy atom. The number of hydrogen-bond donors (Lipinski definition) is 9. The summed E-state index contributed by atoms with van der Waals surface area (Å²) in [6, 6.07) is 5.31. The average Bonchev–Trinajstić information content (AvgIpc) is 2.93. The molecular formula is C27H30O15. The van der Waals surface area contributed by atoms with Crippen molar-refractivity contribution in [2.24, 2.45) is 0 Å². The number of aliphatic hydroxyl groups excluding tert-OH is 5. The van der Waals surface area contributed by atoms with Gasteiger partial charge in [-0.25, -0.2) is 0 Å². The summed E-state index contributed by atoms with van der Waals surface area (Å²) in [4.78, 5) is 13.6. The van der Waals surface area contributed by atoms with Gasteiger partial charge < -0.3 is 69.3 Å². The van der Waals surface area contributed by atoms with Crippen LogP contribution in [0.25, 0.3) is 22.3 Å². The van der Waals surface area contributed by atoms with Crippen LogP contribution >= 0.6 is 0 Å². The molecule has 0 saturated carbocycles. The first kappa shape index (κ1) is 29.8. The van der Waals surface area contributed by atoms with E-state index in [0.717, 1.165) is 24.3 Å². The number of benzene rings is 2. The molecule has 15 heteroatoms. The van der Waals surface area contributed by atoms with Crippen LogP contribution in [-0.2, 0) is 14.2 Å². The number of rotatable bonds is 6. The van der Waals surface area contributed by atoms with Crippen LogP contribution in [0, 0.1) is 0 Å². The number of phenolic OH excluding ortho intramolecular Hbond substituents is 4. The molecule has 3 heterocycles. The Labute approximate surface area is 236 Å². The molecule has 2 fully saturated rings. The normalized spacial score (nSPS) is 31.7. The highest BCUT2D eigenvalue weighted by molar-refractivity contribution is 5.88. The van der Waals surface area contributed by atoms with Crippen LogP contribution in [0.3, 0.4) is 0 Å². The number of fused-ring (bicyclic) bond motifs is 1. The van der Waals surface area contributed by atoms with E-state index in [1.165, 1.54) is 6.07 Å². The quantitative estimate of drug-likeness (QED) is 0.161. The van der Waals surface area contributed by atoms with Gasteiger partial charge in [-0.15, -0.1) is 0 Å². The minimum Gasteiger partial charge on any atom is -0.508 e. The summed E-state index contributed by atoms with van der Waals surface area (Å²) < 4.78 is 28.1. The largest absolute Gasteiger partial charge is 0.508 e. The minimum atomic E-state index is -1.93. The molecule has 9 unspecified atom stereocenters. The first-order valence-corrected chi connectivity index (χ1v) is 12.9. The van der Waals surface area contributed by atoms with E-state index in [4.69, 9.17) is 23.4 Å². The van der Waals surface area contributed by atoms with Crippen molar-refractivity contribution in [2.45, 2.75) is 68.7 Å². The molecule has 1 aromatic heterocycles. The van der Waals surface area contributed by atoms with E-state index < -0.39 is 101 Å². The molecule has 0 spiro atoms. The maximum atomic E-state index is 13.6. The van der Waals surface area contributed by atoms with Crippen LogP contribution in [0.2, 0.25) is 0 Å². The predicted octanol–water partition coefficient (Wildman–Crippen LogP) is -0.658. The first-order valence-electron chi connectivity index (χ1n) is 12.9. The topological polar surface area (TPSA) is 249 Å². The maximum Gasteiger partial charge on any atom is 0.239 e. The van der Waals surface area contributed by atoms with E-state index in [0.29, 0.717) is 0 Å². The van der Waals surface area contributed by atoms with Crippen molar-refractivity contribution in [3.05, 3.63) is 40.6 Å². The van der Waals surface area contributed by atoms with Crippen LogP contribution in [0.15, 0.2) is 39.5 Å². The Kier molecular flexibility index (Phi) is 8.19. The molecule has 15 nitrogen and oxygen atoms in total. The van der Waals surface area contributed by atoms with Gasteiger partial charge in [-0.2, -0.15) is 0 Å². The number of aliphatic hydroxyl groups is 5. The summed E-state index contributed by atoms with van der Waals surface area (Å²) in [5, 5.41) is 91.5. The van der Waals surface area contributed by atoms with Crippen molar-refractivity contribution in [3.63, 3.8) is 0 Å². The zero-order chi connectivity index (χ0) is 30.5. The van der Waals surface area contributed by atoms with Gasteiger partial charge >= 0.3 is 0 Å². The zero-order valence-corrected chi connectivity index (χ0v) is 22.0. The van der Waals surface area contributed by atoms with Crippen molar-refractivity contribution >= 4 is 11.0 Å². The van der Waals surface area contributed by atoms with E-state index in [1.54, 1.807) is 6.92 Å². The third kappa shape index (κ3) is 5.56. The summed E-state index contributed by atoms with van der Waals surface area (Å²) in [6.07, 6.45) is -12.9. The second kappa shape index (κ2) is 11.5. The Morgan fingerprint density at radius 2 is 1.57 bits per heavy atom. The van der Waals surface area contributed by atoms with Gasteiger partial charge in [-0.05, 0) is 25.1 Å². The van der Waals surface area contributed by atoms with E-state index in [9.17, 15) is 50.8 Å². The van der Waals surface area contributed by atoms with E-state index in [1.807, 2.05) is 0 Å². The van der Waals surface area contributed by atoms with E-state index in [2.05, 4.69) is 0 Å². The highest BCUT2D eigenvalue weighted by Gasteiger charge is 2.47. The average molecular weight is 595 g/mol. The highest BCUT2D eigenvalue weighted by Crippen LogP contribution is 2.39. The van der Waals surface area contributed by atoms with Gasteiger partial charge in [0.1, 0.15) is 53.0 Å². The molecule has 2 aliphatic rings. The van der Waals surface area contributed by atoms with Gasteiger partial charge in [0.25, 0.3) is 0 Å². The smallest absolute Gasteiger partial charge is 0.239 e. The molecule has 3 aromatic rings. The second-order valence-corrected chi connectivity index (χ2v) is 10.2. The van der Waals surface area contributed by atoms with Crippen molar-refractivity contribution in [1.29, 1.82) is 0 Å². The third-order valence-corrected chi connectivity index (χ3v) is 7.10. The van der Waals surface area contributed by atoms with Gasteiger partial charge in [-0.1, -0.05) is 0 Å². The van der Waals surface area contributed by atoms with Crippen LogP contribution in [0.4, 0.5) is 0 Å². The summed E-state index contributed by atoms with van der Waals surface area (Å²) in [6.45, 7) is 1.14. The lowest BCUT2D eigenvalue weighted by molar-refractivity contribution is -0.306. The summed E-state index contributed by atoms with van der Waals surface area (Å²) in [7, 11) is 0. The minimum absolute atomic E-state index is 0.0102. The van der Waals surface area contributed by atoms with Crippen molar-refractivity contribution in [1.82, 2.24) is 0 Å². The molecule has 9 N–H and O–H groups in total. The molecule has 2 aromatic carbocycles. The highest BCUT2D eigenvalue weighted by atomic mass is 16.7. The summed E-state index contributed by atoms with van der Waals surface area (Å²) >= 11 is 0. The van der Waals surface area contributed by atoms with Gasteiger partial charge in [0.15, 0.2) is 23.5 Å². The Morgan fingerprint density at radius 1 is 0.833 bits per heavy atom. The van der Waals surface area contributed by atoms with Gasteiger partial charge in [0, 0.05) is 24.1 Å². The van der Waals surface area contributed by atoms with Crippen LogP contribution in [-0.4, -0.2) is 108 Å². The molecule has 0 radical (unpaired) electrons. The molecule has 5 rings (SSSR count). The lowest BCUT2D eigenvalue weighted by Crippen LogP contribution is -2.61. The molecule has 0 bridgehead atoms. The fraction of sp³-hybridized carbons (Fsp3) is 0.444. The maximum absolute atomic E-state index is 13.6. The van der Waals surface area contributed by atoms with E-state index in [-0.39, 0.29) is 23.3 Å². The lowest BCUT2D eigenvalue weighted by Gasteiger charge is -2.41. The summed E-state index contributed by atoms with van der Waals surface area (Å²) in [5.41, 5.74) is -1.28. The van der Waals surface area contributed by atoms with Gasteiger partial charge in [0.2, 0.25) is 17.5 Å². The molecule has 9 atom stereocenters. The van der Waals surface area contributed by atoms with Crippen molar-refractivity contribution < 1.29 is 69.3 Å².